The van der Waals surface area contributed by atoms with Crippen molar-refractivity contribution in [1.82, 2.24) is 103 Å². The fourth-order valence-corrected chi connectivity index (χ4v) is 12.5. The van der Waals surface area contributed by atoms with Crippen molar-refractivity contribution in [3.63, 3.8) is 0 Å². The summed E-state index contributed by atoms with van der Waals surface area (Å²) in [4.78, 5) is 157. The van der Waals surface area contributed by atoms with Crippen LogP contribution in [0.1, 0.15) is 131 Å². The largest absolute Gasteiger partial charge is 0.477 e. The number of carboxylic acids is 1. The molecule has 0 aliphatic carbocycles. The number of hydrogen-bond donors (Lipinski definition) is 13. The van der Waals surface area contributed by atoms with Crippen LogP contribution in [-0.2, 0) is 14.2 Å². The molecule has 15 N–H and O–H groups in total. The van der Waals surface area contributed by atoms with E-state index in [4.69, 9.17) is 64.2 Å². The highest BCUT2D eigenvalue weighted by Crippen LogP contribution is 2.30. The number of anilines is 9. The first-order valence-corrected chi connectivity index (χ1v) is 45.1. The lowest BCUT2D eigenvalue weighted by Crippen LogP contribution is -2.35. The molecule has 0 aromatic carbocycles. The van der Waals surface area contributed by atoms with Gasteiger partial charge in [0.2, 0.25) is 0 Å². The van der Waals surface area contributed by atoms with Crippen molar-refractivity contribution >= 4 is 140 Å². The van der Waals surface area contributed by atoms with E-state index in [1.54, 1.807) is 108 Å². The molecule has 0 saturated carbocycles. The summed E-state index contributed by atoms with van der Waals surface area (Å²) in [6.45, 7) is 24.4. The minimum atomic E-state index is -1.18. The van der Waals surface area contributed by atoms with E-state index in [1.807, 2.05) is 6.92 Å². The van der Waals surface area contributed by atoms with Gasteiger partial charge in [0, 0.05) is 136 Å². The van der Waals surface area contributed by atoms with Crippen LogP contribution < -0.4 is 74.7 Å². The number of hydrogen-bond acceptors (Lipinski definition) is 33. The van der Waals surface area contributed by atoms with Crippen LogP contribution >= 0.6 is 23.2 Å². The van der Waals surface area contributed by atoms with E-state index in [-0.39, 0.29) is 176 Å². The molecular weight excluding hydrogens is 1940 g/mol. The predicted octanol–water partition coefficient (Wildman–Crippen LogP) is 9.54. The van der Waals surface area contributed by atoms with Gasteiger partial charge in [-0.3, -0.25) is 57.2 Å². The molecule has 0 spiro atoms. The number of halogens is 5. The van der Waals surface area contributed by atoms with E-state index in [1.165, 1.54) is 189 Å². The number of carbonyl (C=O) groups excluding carboxylic acids is 6. The molecule has 772 valence electrons. The monoisotopic (exact) mass is 2050 g/mol. The lowest BCUT2D eigenvalue weighted by atomic mass is 10.2. The molecule has 52 heteroatoms. The third kappa shape index (κ3) is 29.8. The Labute approximate surface area is 836 Å². The van der Waals surface area contributed by atoms with Crippen LogP contribution in [0.5, 0.6) is 0 Å². The number of fused-ring (bicyclic) bond motifs is 4. The maximum atomic E-state index is 14.4. The zero-order chi connectivity index (χ0) is 107. The molecule has 14 aromatic heterocycles. The summed E-state index contributed by atoms with van der Waals surface area (Å²) in [7, 11) is 6.14. The van der Waals surface area contributed by atoms with Gasteiger partial charge in [-0.05, 0) is 165 Å². The molecule has 4 atom stereocenters. The van der Waals surface area contributed by atoms with Crippen LogP contribution in [0.15, 0.2) is 173 Å². The molecular formula is C93H112Cl2F3N29O18. The molecule has 6 amide bonds. The predicted molar refractivity (Wildman–Crippen MR) is 534 cm³/mol. The Bertz CT molecular complexity index is 7160. The zero-order valence-electron chi connectivity index (χ0n) is 82.0. The van der Waals surface area contributed by atoms with Crippen LogP contribution in [0.25, 0.3) is 40.0 Å². The average Bonchev–Trinajstić information content (AvgIpc) is 1.62. The summed E-state index contributed by atoms with van der Waals surface area (Å²) >= 11 is 12.0. The first kappa shape index (κ1) is 112. The van der Waals surface area contributed by atoms with Crippen molar-refractivity contribution in [2.45, 2.75) is 107 Å². The molecule has 0 aliphatic rings. The van der Waals surface area contributed by atoms with Gasteiger partial charge in [0.05, 0.1) is 30.5 Å². The number of carbonyl (C=O) groups is 7. The van der Waals surface area contributed by atoms with Gasteiger partial charge < -0.3 is 83.1 Å². The second-order valence-electron chi connectivity index (χ2n) is 35.3. The smallest absolute Gasteiger partial charge is 0.415 e. The Morgan fingerprint density at radius 1 is 0.441 bits per heavy atom. The van der Waals surface area contributed by atoms with Gasteiger partial charge in [0.1, 0.15) is 95.6 Å². The molecule has 14 rings (SSSR count). The number of pyridine rings is 6. The van der Waals surface area contributed by atoms with Crippen molar-refractivity contribution < 1.29 is 86.5 Å². The third-order valence-electron chi connectivity index (χ3n) is 19.8. The number of nitrogen functional groups attached to an aromatic ring is 1. The van der Waals surface area contributed by atoms with E-state index in [2.05, 4.69) is 87.2 Å². The van der Waals surface area contributed by atoms with Gasteiger partial charge in [0.15, 0.2) is 57.5 Å². The summed E-state index contributed by atoms with van der Waals surface area (Å²) < 4.78 is 66.5. The molecule has 145 heavy (non-hydrogen) atoms. The number of ether oxygens (including phenoxy) is 3. The minimum absolute atomic E-state index is 0.0301. The summed E-state index contributed by atoms with van der Waals surface area (Å²) in [5.74, 6) is -3.18. The summed E-state index contributed by atoms with van der Waals surface area (Å²) in [6, 6.07) is 23.0. The van der Waals surface area contributed by atoms with E-state index in [9.17, 15) is 71.3 Å². The molecule has 0 radical (unpaired) electrons. The average molecular weight is 2050 g/mol. The normalized spacial score (nSPS) is 12.0. The van der Waals surface area contributed by atoms with Gasteiger partial charge in [-0.15, -0.1) is 0 Å². The van der Waals surface area contributed by atoms with E-state index >= 15 is 0 Å². The molecule has 14 heterocycles. The van der Waals surface area contributed by atoms with Gasteiger partial charge >= 0.3 is 24.2 Å². The van der Waals surface area contributed by atoms with Crippen molar-refractivity contribution in [1.29, 1.82) is 0 Å². The van der Waals surface area contributed by atoms with Crippen LogP contribution in [-0.4, -0.2) is 252 Å². The fraction of sp³-hybridized carbons (Fsp3) is 0.344. The highest BCUT2D eigenvalue weighted by molar-refractivity contribution is 6.30. The summed E-state index contributed by atoms with van der Waals surface area (Å²) in [5.41, 5.74) is 8.05. The standard InChI is InChI=1S/C27H31FN8O5.C22H23FN8O3.C17H24ClN5O4.C13H15ClN4O4.C10H8FN3O.C4H11NO/c1-16(15-37)13-30-24(38)17-14-31-36-21(34(5)26(40)41-27(2,3)4)12-20(33-22(17)36)32-19-9-7-11-35(25(19)39)23-18(28)8-6-10-29-23;1-13(12-32)10-26-21(33)14-11-27-31-18(24-2)9-17(29-19(14)31)28-16-6-4-8-30(22(16)34)20-15(23)5-3-7-25-20;1-10(9-24)7-19-15(25)11-8-20-23-13(6-12(18)21-14(11)23)22(5)16(26)27-17(2,3)4;1-13(2,3)22-12(21)17(4)9-5-8(14)16-10-7(11(19)20)6-15-18(9)10;11-7-3-1-5-13-9(7)14-6-2-4-8(12)10(14)15;1-4(2-5)3-6/h6-12,14,16,37H,13,15H2,1-5H3,(H,30,38)(H,32,33);3-9,11,13,24,32H,10,12H2,1-2H3,(H,26,33)(H,28,29);6,8,10,24H,7,9H2,1-5H3,(H,19,25);5-6H,1-4H3,(H,19,20);1-6H,12H2;4,6H,2-3,5H2,1H3. The Balaban J connectivity index is 0.000000205. The number of aliphatic hydroxyl groups is 4. The Kier molecular flexibility index (Phi) is 38.8. The quantitative estimate of drug-likeness (QED) is 0.0177. The Morgan fingerprint density at radius 3 is 1.08 bits per heavy atom. The molecule has 14 aromatic rings. The lowest BCUT2D eigenvalue weighted by molar-refractivity contribution is 0.0577. The Hall–Kier alpha value is -16.2. The first-order chi connectivity index (χ1) is 68.4. The van der Waals surface area contributed by atoms with Crippen molar-refractivity contribution in [3.8, 4) is 17.5 Å². The summed E-state index contributed by atoms with van der Waals surface area (Å²) in [6.07, 6.45) is 11.7. The van der Waals surface area contributed by atoms with Crippen molar-refractivity contribution in [2.24, 2.45) is 29.4 Å². The van der Waals surface area contributed by atoms with Gasteiger partial charge in [0.25, 0.3) is 34.4 Å². The van der Waals surface area contributed by atoms with E-state index in [0.717, 1.165) is 19.9 Å². The number of amides is 6. The van der Waals surface area contributed by atoms with Crippen LogP contribution in [0, 0.1) is 41.1 Å². The highest BCUT2D eigenvalue weighted by Gasteiger charge is 2.31. The maximum absolute atomic E-state index is 14.4. The molecule has 47 nitrogen and oxygen atoms in total. The van der Waals surface area contributed by atoms with Crippen molar-refractivity contribution in [2.75, 3.05) is 117 Å². The second-order valence-corrected chi connectivity index (χ2v) is 36.0. The van der Waals surface area contributed by atoms with Crippen LogP contribution in [0.3, 0.4) is 0 Å². The third-order valence-corrected chi connectivity index (χ3v) is 20.2. The molecule has 4 unspecified atom stereocenters. The van der Waals surface area contributed by atoms with Crippen molar-refractivity contribution in [3.05, 3.63) is 240 Å². The number of carboxylic acid groups (broad SMARTS) is 1. The second kappa shape index (κ2) is 50.0. The molecule has 0 fully saturated rings. The highest BCUT2D eigenvalue weighted by atomic mass is 35.5. The summed E-state index contributed by atoms with van der Waals surface area (Å²) in [5, 5.41) is 78.7. The molecule has 0 bridgehead atoms. The topological polar surface area (TPSA) is 608 Å². The minimum Gasteiger partial charge on any atom is -0.477 e. The number of aliphatic hydroxyl groups excluding tert-OH is 4. The number of rotatable bonds is 26. The van der Waals surface area contributed by atoms with Gasteiger partial charge in [-0.25, -0.2) is 67.2 Å². The SMILES string of the molecule is CC(CN)CO.CC(CO)CNC(=O)c1cnn2c(N(C)C(=O)OC(C)(C)C)cc(Cl)nc12.CC(CO)CNC(=O)c1cnn2c(N(C)C(=O)OC(C)(C)C)cc(Nc3cccn(-c4ncccc4F)c3=O)nc12.CN(C(=O)OC(C)(C)C)c1cc(Cl)nc2c(C(=O)O)cnn12.CNc1cc(Nc2cccn(-c3ncccc3F)c2=O)nc2c(C(=O)NCC(C)CO)cnn12.Nc1cccn(-c2ncccc2F)c1=O. The zero-order valence-corrected chi connectivity index (χ0v) is 83.5. The van der Waals surface area contributed by atoms with E-state index in [0.29, 0.717) is 24.7 Å². The van der Waals surface area contributed by atoms with Gasteiger partial charge in [-0.1, -0.05) is 50.9 Å². The fourth-order valence-electron chi connectivity index (χ4n) is 12.2. The van der Waals surface area contributed by atoms with Crippen LogP contribution in [0.4, 0.5) is 79.5 Å². The number of nitrogens with one attached hydrogen (secondary N) is 6. The van der Waals surface area contributed by atoms with Crippen LogP contribution in [0.2, 0.25) is 10.3 Å². The lowest BCUT2D eigenvalue weighted by Gasteiger charge is -2.25. The van der Waals surface area contributed by atoms with Gasteiger partial charge in [-0.2, -0.15) is 38.5 Å². The number of nitrogens with zero attached hydrogens (tertiary/aromatic N) is 21. The molecule has 0 saturated heterocycles. The number of aromatic nitrogens is 18. The Morgan fingerprint density at radius 2 is 0.752 bits per heavy atom. The number of nitrogens with two attached hydrogens (primary N) is 2. The van der Waals surface area contributed by atoms with E-state index < -0.39 is 92.9 Å². The number of aromatic carboxylic acids is 1. The molecule has 0 aliphatic heterocycles. The first-order valence-electron chi connectivity index (χ1n) is 44.4. The maximum Gasteiger partial charge on any atom is 0.415 e.